The van der Waals surface area contributed by atoms with Crippen LogP contribution >= 0.6 is 0 Å². The molecule has 0 aromatic heterocycles. The van der Waals surface area contributed by atoms with Gasteiger partial charge in [-0.05, 0) is 37.0 Å². The maximum absolute atomic E-state index is 10.4. The fourth-order valence-electron chi connectivity index (χ4n) is 3.64. The zero-order valence-electron chi connectivity index (χ0n) is 13.3. The molecule has 0 radical (unpaired) electrons. The quantitative estimate of drug-likeness (QED) is 0.888. The molecule has 5 nitrogen and oxygen atoms in total. The topological polar surface area (TPSA) is 54.0 Å². The monoisotopic (exact) mass is 306 g/mol. The van der Waals surface area contributed by atoms with Gasteiger partial charge < -0.3 is 19.9 Å². The van der Waals surface area contributed by atoms with Gasteiger partial charge in [-0.3, -0.25) is 4.90 Å². The van der Waals surface area contributed by atoms with Crippen molar-refractivity contribution in [1.82, 2.24) is 10.2 Å². The first-order chi connectivity index (χ1) is 10.8. The van der Waals surface area contributed by atoms with Gasteiger partial charge in [0, 0.05) is 51.0 Å². The summed E-state index contributed by atoms with van der Waals surface area (Å²) in [6.07, 6.45) is 2.09. The van der Waals surface area contributed by atoms with Crippen molar-refractivity contribution < 1.29 is 14.6 Å². The fourth-order valence-corrected chi connectivity index (χ4v) is 3.64. The maximum atomic E-state index is 10.4. The minimum Gasteiger partial charge on any atom is -0.508 e. The molecule has 2 heterocycles. The number of phenolic OH excluding ortho intramolecular Hbond substituents is 1. The Morgan fingerprint density at radius 3 is 2.68 bits per heavy atom. The maximum Gasteiger partial charge on any atom is 0.120 e. The lowest BCUT2D eigenvalue weighted by molar-refractivity contribution is 0.0206. The number of rotatable bonds is 4. The number of phenols is 1. The minimum absolute atomic E-state index is 0.237. The Morgan fingerprint density at radius 2 is 2.00 bits per heavy atom. The van der Waals surface area contributed by atoms with Crippen molar-refractivity contribution in [3.8, 4) is 11.5 Å². The largest absolute Gasteiger partial charge is 0.508 e. The van der Waals surface area contributed by atoms with Crippen LogP contribution in [0, 0.1) is 5.92 Å². The van der Waals surface area contributed by atoms with E-state index in [0.717, 1.165) is 63.5 Å². The first-order valence-electron chi connectivity index (χ1n) is 8.19. The molecule has 5 heteroatoms. The Kier molecular flexibility index (Phi) is 5.18. The summed E-state index contributed by atoms with van der Waals surface area (Å²) in [6, 6.07) is 5.80. The SMILES string of the molecule is COc1ccc(O)c([C@H](C2CCOCC2)N2CCNCC2)c1. The molecule has 0 bridgehead atoms. The standard InChI is InChI=1S/C17H26N2O3/c1-21-14-2-3-16(20)15(12-14)17(13-4-10-22-11-5-13)19-8-6-18-7-9-19/h2-3,12-13,17-18,20H,4-11H2,1H3/t17-/m0/s1. The van der Waals surface area contributed by atoms with Gasteiger partial charge in [0.25, 0.3) is 0 Å². The zero-order chi connectivity index (χ0) is 15.4. The number of piperazine rings is 1. The summed E-state index contributed by atoms with van der Waals surface area (Å²) in [6.45, 7) is 5.67. The molecular weight excluding hydrogens is 280 g/mol. The van der Waals surface area contributed by atoms with Crippen LogP contribution in [0.2, 0.25) is 0 Å². The molecule has 3 rings (SSSR count). The summed E-state index contributed by atoms with van der Waals surface area (Å²) >= 11 is 0. The van der Waals surface area contributed by atoms with E-state index in [2.05, 4.69) is 10.2 Å². The van der Waals surface area contributed by atoms with Gasteiger partial charge in [-0.25, -0.2) is 0 Å². The number of aromatic hydroxyl groups is 1. The van der Waals surface area contributed by atoms with Gasteiger partial charge in [0.05, 0.1) is 7.11 Å². The van der Waals surface area contributed by atoms with Crippen LogP contribution in [0.4, 0.5) is 0 Å². The summed E-state index contributed by atoms with van der Waals surface area (Å²) in [5, 5.41) is 13.8. The highest BCUT2D eigenvalue weighted by Gasteiger charge is 2.33. The summed E-state index contributed by atoms with van der Waals surface area (Å²) in [5.41, 5.74) is 0.994. The highest BCUT2D eigenvalue weighted by molar-refractivity contribution is 5.41. The third-order valence-electron chi connectivity index (χ3n) is 4.81. The second kappa shape index (κ2) is 7.31. The van der Waals surface area contributed by atoms with Crippen LogP contribution < -0.4 is 10.1 Å². The Bertz CT molecular complexity index is 465. The Morgan fingerprint density at radius 1 is 1.27 bits per heavy atom. The number of ether oxygens (including phenoxy) is 2. The van der Waals surface area contributed by atoms with Gasteiger partial charge >= 0.3 is 0 Å². The molecule has 1 atom stereocenters. The van der Waals surface area contributed by atoms with Crippen molar-refractivity contribution in [2.24, 2.45) is 5.92 Å². The van der Waals surface area contributed by atoms with Gasteiger partial charge in [-0.1, -0.05) is 0 Å². The number of hydrogen-bond acceptors (Lipinski definition) is 5. The molecule has 2 N–H and O–H groups in total. The van der Waals surface area contributed by atoms with Crippen LogP contribution in [-0.2, 0) is 4.74 Å². The summed E-state index contributed by atoms with van der Waals surface area (Å²) in [4.78, 5) is 2.50. The van der Waals surface area contributed by atoms with Crippen LogP contribution in [0.25, 0.3) is 0 Å². The van der Waals surface area contributed by atoms with E-state index < -0.39 is 0 Å². The normalized spacial score (nSPS) is 22.4. The number of benzene rings is 1. The van der Waals surface area contributed by atoms with E-state index >= 15 is 0 Å². The van der Waals surface area contributed by atoms with E-state index in [9.17, 15) is 5.11 Å². The Hall–Kier alpha value is -1.30. The molecule has 122 valence electrons. The van der Waals surface area contributed by atoms with Crippen LogP contribution in [0.3, 0.4) is 0 Å². The molecule has 0 amide bonds. The van der Waals surface area contributed by atoms with E-state index in [1.54, 1.807) is 13.2 Å². The molecular formula is C17H26N2O3. The lowest BCUT2D eigenvalue weighted by atomic mass is 9.85. The van der Waals surface area contributed by atoms with Crippen molar-refractivity contribution in [2.75, 3.05) is 46.5 Å². The number of nitrogens with zero attached hydrogens (tertiary/aromatic N) is 1. The average molecular weight is 306 g/mol. The molecule has 2 fully saturated rings. The first kappa shape index (κ1) is 15.6. The third kappa shape index (κ3) is 3.37. The highest BCUT2D eigenvalue weighted by Crippen LogP contribution is 2.40. The van der Waals surface area contributed by atoms with Crippen LogP contribution in [0.15, 0.2) is 18.2 Å². The van der Waals surface area contributed by atoms with E-state index in [-0.39, 0.29) is 6.04 Å². The zero-order valence-corrected chi connectivity index (χ0v) is 13.3. The van der Waals surface area contributed by atoms with Gasteiger partial charge in [0.2, 0.25) is 0 Å². The molecule has 1 aromatic rings. The van der Waals surface area contributed by atoms with Crippen molar-refractivity contribution in [2.45, 2.75) is 18.9 Å². The molecule has 2 aliphatic heterocycles. The van der Waals surface area contributed by atoms with E-state index in [1.807, 2.05) is 12.1 Å². The molecule has 2 saturated heterocycles. The lowest BCUT2D eigenvalue weighted by Gasteiger charge is -2.41. The van der Waals surface area contributed by atoms with Gasteiger partial charge in [0.15, 0.2) is 0 Å². The first-order valence-corrected chi connectivity index (χ1v) is 8.19. The van der Waals surface area contributed by atoms with E-state index in [4.69, 9.17) is 9.47 Å². The van der Waals surface area contributed by atoms with Crippen LogP contribution in [0.5, 0.6) is 11.5 Å². The van der Waals surface area contributed by atoms with Crippen molar-refractivity contribution in [1.29, 1.82) is 0 Å². The molecule has 0 unspecified atom stereocenters. The molecule has 0 saturated carbocycles. The summed E-state index contributed by atoms with van der Waals surface area (Å²) < 4.78 is 10.9. The average Bonchev–Trinajstić information content (AvgIpc) is 2.59. The Labute approximate surface area is 132 Å². The van der Waals surface area contributed by atoms with E-state index in [0.29, 0.717) is 11.7 Å². The number of hydrogen-bond donors (Lipinski definition) is 2. The predicted molar refractivity (Wildman–Crippen MR) is 85.4 cm³/mol. The Balaban J connectivity index is 1.92. The van der Waals surface area contributed by atoms with Gasteiger partial charge in [-0.15, -0.1) is 0 Å². The highest BCUT2D eigenvalue weighted by atomic mass is 16.5. The molecule has 2 aliphatic rings. The van der Waals surface area contributed by atoms with Gasteiger partial charge in [-0.2, -0.15) is 0 Å². The molecule has 0 spiro atoms. The smallest absolute Gasteiger partial charge is 0.120 e. The van der Waals surface area contributed by atoms with Crippen molar-refractivity contribution >= 4 is 0 Å². The second-order valence-electron chi connectivity index (χ2n) is 6.11. The molecule has 0 aliphatic carbocycles. The van der Waals surface area contributed by atoms with Crippen molar-refractivity contribution in [3.05, 3.63) is 23.8 Å². The lowest BCUT2D eigenvalue weighted by Crippen LogP contribution is -2.47. The number of nitrogens with one attached hydrogen (secondary N) is 1. The van der Waals surface area contributed by atoms with E-state index in [1.165, 1.54) is 0 Å². The predicted octanol–water partition coefficient (Wildman–Crippen LogP) is 1.77. The summed E-state index contributed by atoms with van der Waals surface area (Å²) in [5.74, 6) is 1.70. The van der Waals surface area contributed by atoms with Crippen molar-refractivity contribution in [3.63, 3.8) is 0 Å². The fraction of sp³-hybridized carbons (Fsp3) is 0.647. The molecule has 22 heavy (non-hydrogen) atoms. The van der Waals surface area contributed by atoms with Crippen LogP contribution in [0.1, 0.15) is 24.4 Å². The van der Waals surface area contributed by atoms with Crippen LogP contribution in [-0.4, -0.2) is 56.5 Å². The second-order valence-corrected chi connectivity index (χ2v) is 6.11. The third-order valence-corrected chi connectivity index (χ3v) is 4.81. The van der Waals surface area contributed by atoms with Gasteiger partial charge in [0.1, 0.15) is 11.5 Å². The minimum atomic E-state index is 0.237. The summed E-state index contributed by atoms with van der Waals surface area (Å²) in [7, 11) is 1.67. The molecule has 1 aromatic carbocycles. The number of methoxy groups -OCH3 is 1.